The summed E-state index contributed by atoms with van der Waals surface area (Å²) in [6.45, 7) is 4.45. The van der Waals surface area contributed by atoms with Crippen molar-refractivity contribution in [2.45, 2.75) is 39.2 Å². The van der Waals surface area contributed by atoms with Crippen molar-refractivity contribution in [1.29, 1.82) is 0 Å². The third-order valence-electron chi connectivity index (χ3n) is 4.54. The number of rotatable bonds is 2. The van der Waals surface area contributed by atoms with Crippen LogP contribution in [0.5, 0.6) is 0 Å². The van der Waals surface area contributed by atoms with Gasteiger partial charge in [0.25, 0.3) is 0 Å². The summed E-state index contributed by atoms with van der Waals surface area (Å²) in [5.41, 5.74) is 2.28. The molecule has 1 unspecified atom stereocenters. The van der Waals surface area contributed by atoms with Crippen LogP contribution >= 0.6 is 11.8 Å². The largest absolute Gasteiger partial charge is 0.379 e. The van der Waals surface area contributed by atoms with Crippen molar-refractivity contribution in [3.63, 3.8) is 0 Å². The number of carbonyl (C=O) groups excluding carboxylic acids is 1. The number of hydrogen-bond acceptors (Lipinski definition) is 3. The normalized spacial score (nSPS) is 24.1. The first-order valence-electron chi connectivity index (χ1n) is 7.42. The summed E-state index contributed by atoms with van der Waals surface area (Å²) >= 11 is 1.90. The van der Waals surface area contributed by atoms with Crippen LogP contribution in [-0.2, 0) is 11.2 Å². The minimum absolute atomic E-state index is 0.00797. The molecule has 2 aliphatic rings. The second kappa shape index (κ2) is 5.52. The molecule has 0 bridgehead atoms. The summed E-state index contributed by atoms with van der Waals surface area (Å²) in [5, 5.41) is 6.19. The number of hydrogen-bond donors (Lipinski definition) is 2. The van der Waals surface area contributed by atoms with Gasteiger partial charge in [-0.1, -0.05) is 13.8 Å². The molecule has 21 heavy (non-hydrogen) atoms. The summed E-state index contributed by atoms with van der Waals surface area (Å²) < 4.78 is 14.3. The molecular formula is C16H21FN2OS. The van der Waals surface area contributed by atoms with Crippen molar-refractivity contribution in [3.05, 3.63) is 23.5 Å². The Morgan fingerprint density at radius 2 is 2.19 bits per heavy atom. The third-order valence-corrected chi connectivity index (χ3v) is 5.60. The van der Waals surface area contributed by atoms with E-state index in [1.165, 1.54) is 0 Å². The zero-order valence-electron chi connectivity index (χ0n) is 12.5. The predicted octanol–water partition coefficient (Wildman–Crippen LogP) is 3.65. The molecular weight excluding hydrogens is 287 g/mol. The molecule has 0 spiro atoms. The van der Waals surface area contributed by atoms with E-state index >= 15 is 0 Å². The number of anilines is 2. The molecule has 5 heteroatoms. The Labute approximate surface area is 129 Å². The minimum Gasteiger partial charge on any atom is -0.379 e. The van der Waals surface area contributed by atoms with Crippen LogP contribution in [0, 0.1) is 11.2 Å². The Balaban J connectivity index is 1.85. The monoisotopic (exact) mass is 308 g/mol. The van der Waals surface area contributed by atoms with Gasteiger partial charge in [0.2, 0.25) is 5.91 Å². The van der Waals surface area contributed by atoms with Crippen LogP contribution in [0.3, 0.4) is 0 Å². The van der Waals surface area contributed by atoms with Crippen LogP contribution < -0.4 is 10.6 Å². The predicted molar refractivity (Wildman–Crippen MR) is 86.5 cm³/mol. The molecule has 3 nitrogen and oxygen atoms in total. The zero-order chi connectivity index (χ0) is 15.0. The van der Waals surface area contributed by atoms with Gasteiger partial charge in [0.1, 0.15) is 5.82 Å². The number of halogens is 1. The first-order chi connectivity index (χ1) is 9.95. The zero-order valence-corrected chi connectivity index (χ0v) is 13.3. The molecule has 1 saturated heterocycles. The molecule has 1 amide bonds. The number of benzene rings is 1. The second-order valence-corrected chi connectivity index (χ2v) is 7.70. The van der Waals surface area contributed by atoms with Crippen LogP contribution in [0.2, 0.25) is 0 Å². The second-order valence-electron chi connectivity index (χ2n) is 6.55. The molecule has 2 aliphatic heterocycles. The van der Waals surface area contributed by atoms with E-state index in [2.05, 4.69) is 24.5 Å². The van der Waals surface area contributed by atoms with E-state index in [9.17, 15) is 9.18 Å². The highest BCUT2D eigenvalue weighted by Gasteiger charge is 2.33. The van der Waals surface area contributed by atoms with Gasteiger partial charge in [-0.05, 0) is 41.7 Å². The van der Waals surface area contributed by atoms with Crippen molar-refractivity contribution in [2.24, 2.45) is 5.41 Å². The maximum atomic E-state index is 14.3. The first kappa shape index (κ1) is 14.7. The highest BCUT2D eigenvalue weighted by molar-refractivity contribution is 7.99. The van der Waals surface area contributed by atoms with Crippen molar-refractivity contribution in [2.75, 3.05) is 22.1 Å². The average Bonchev–Trinajstić information content (AvgIpc) is 2.42. The van der Waals surface area contributed by atoms with Gasteiger partial charge in [0.15, 0.2) is 0 Å². The molecule has 2 heterocycles. The molecule has 1 aromatic rings. The average molecular weight is 308 g/mol. The summed E-state index contributed by atoms with van der Waals surface area (Å²) in [5.74, 6) is 1.92. The molecule has 0 saturated carbocycles. The van der Waals surface area contributed by atoms with Crippen LogP contribution in [-0.4, -0.2) is 23.5 Å². The maximum Gasteiger partial charge on any atom is 0.224 e. The van der Waals surface area contributed by atoms with E-state index in [0.29, 0.717) is 18.5 Å². The lowest BCUT2D eigenvalue weighted by Crippen LogP contribution is -2.41. The Bertz CT molecular complexity index is 574. The molecule has 0 aromatic heterocycles. The molecule has 1 fully saturated rings. The number of carbonyl (C=O) groups is 1. The molecule has 0 aliphatic carbocycles. The molecule has 114 valence electrons. The quantitative estimate of drug-likeness (QED) is 0.876. The minimum atomic E-state index is -0.226. The molecule has 3 rings (SSSR count). The van der Waals surface area contributed by atoms with Crippen LogP contribution in [0.1, 0.15) is 32.3 Å². The van der Waals surface area contributed by atoms with Crippen LogP contribution in [0.25, 0.3) is 0 Å². The van der Waals surface area contributed by atoms with Gasteiger partial charge in [-0.25, -0.2) is 4.39 Å². The molecule has 2 N–H and O–H groups in total. The van der Waals surface area contributed by atoms with Gasteiger partial charge in [0.05, 0.1) is 5.69 Å². The van der Waals surface area contributed by atoms with Gasteiger partial charge in [-0.15, -0.1) is 0 Å². The van der Waals surface area contributed by atoms with Gasteiger partial charge in [-0.2, -0.15) is 11.8 Å². The van der Waals surface area contributed by atoms with Crippen molar-refractivity contribution < 1.29 is 9.18 Å². The first-order valence-corrected chi connectivity index (χ1v) is 8.58. The summed E-state index contributed by atoms with van der Waals surface area (Å²) in [7, 11) is 0. The lowest BCUT2D eigenvalue weighted by Gasteiger charge is -2.39. The van der Waals surface area contributed by atoms with Crippen molar-refractivity contribution >= 4 is 29.0 Å². The number of amides is 1. The molecule has 1 atom stereocenters. The Hall–Kier alpha value is -1.23. The van der Waals surface area contributed by atoms with Gasteiger partial charge in [0, 0.05) is 23.9 Å². The fraction of sp³-hybridized carbons (Fsp3) is 0.562. The highest BCUT2D eigenvalue weighted by atomic mass is 32.2. The van der Waals surface area contributed by atoms with E-state index in [-0.39, 0.29) is 23.2 Å². The fourth-order valence-corrected chi connectivity index (χ4v) is 4.48. The van der Waals surface area contributed by atoms with Crippen LogP contribution in [0.4, 0.5) is 15.8 Å². The Morgan fingerprint density at radius 3 is 2.95 bits per heavy atom. The smallest absolute Gasteiger partial charge is 0.224 e. The number of thioether (sulfide) groups is 1. The van der Waals surface area contributed by atoms with Crippen molar-refractivity contribution in [1.82, 2.24) is 0 Å². The van der Waals surface area contributed by atoms with E-state index < -0.39 is 0 Å². The van der Waals surface area contributed by atoms with E-state index in [1.807, 2.05) is 11.8 Å². The highest BCUT2D eigenvalue weighted by Crippen LogP contribution is 2.37. The topological polar surface area (TPSA) is 41.1 Å². The van der Waals surface area contributed by atoms with E-state index in [1.54, 1.807) is 12.1 Å². The summed E-state index contributed by atoms with van der Waals surface area (Å²) in [6, 6.07) is 3.54. The molecule has 0 radical (unpaired) electrons. The number of nitrogens with one attached hydrogen (secondary N) is 2. The SMILES string of the molecule is CC1(C)CCSCC1Nc1cc2c(cc1F)CCC(=O)N2. The van der Waals surface area contributed by atoms with Gasteiger partial charge in [-0.3, -0.25) is 4.79 Å². The van der Waals surface area contributed by atoms with E-state index in [0.717, 1.165) is 29.2 Å². The van der Waals surface area contributed by atoms with Crippen LogP contribution in [0.15, 0.2) is 12.1 Å². The third kappa shape index (κ3) is 3.03. The lowest BCUT2D eigenvalue weighted by atomic mass is 9.82. The Kier molecular flexibility index (Phi) is 3.86. The Morgan fingerprint density at radius 1 is 1.38 bits per heavy atom. The van der Waals surface area contributed by atoms with Gasteiger partial charge < -0.3 is 10.6 Å². The fourth-order valence-electron chi connectivity index (χ4n) is 2.87. The van der Waals surface area contributed by atoms with Crippen molar-refractivity contribution in [3.8, 4) is 0 Å². The molecule has 1 aromatic carbocycles. The maximum absolute atomic E-state index is 14.3. The van der Waals surface area contributed by atoms with E-state index in [4.69, 9.17) is 0 Å². The standard InChI is InChI=1S/C16H21FN2OS/c1-16(2)5-6-21-9-14(16)18-13-8-12-10(7-11(13)17)3-4-15(20)19-12/h7-8,14,18H,3-6,9H2,1-2H3,(H,19,20). The lowest BCUT2D eigenvalue weighted by molar-refractivity contribution is -0.116. The summed E-state index contributed by atoms with van der Waals surface area (Å²) in [6.07, 6.45) is 2.17. The number of aryl methyl sites for hydroxylation is 1. The van der Waals surface area contributed by atoms with Gasteiger partial charge >= 0.3 is 0 Å². The number of fused-ring (bicyclic) bond motifs is 1. The summed E-state index contributed by atoms with van der Waals surface area (Å²) in [4.78, 5) is 11.5.